The van der Waals surface area contributed by atoms with Crippen LogP contribution in [0.2, 0.25) is 0 Å². The smallest absolute Gasteiger partial charge is 0.287 e. The largest absolute Gasteiger partial charge is 0.342 e. The van der Waals surface area contributed by atoms with Crippen molar-refractivity contribution in [2.24, 2.45) is 0 Å². The van der Waals surface area contributed by atoms with E-state index in [0.717, 1.165) is 5.56 Å². The Labute approximate surface area is 86.6 Å². The summed E-state index contributed by atoms with van der Waals surface area (Å²) < 4.78 is 0. The maximum Gasteiger partial charge on any atom is 0.287 e. The third-order valence-corrected chi connectivity index (χ3v) is 1.92. The van der Waals surface area contributed by atoms with Crippen molar-refractivity contribution in [3.63, 3.8) is 0 Å². The normalized spacial score (nSPS) is 9.57. The highest BCUT2D eigenvalue weighted by Gasteiger charge is 2.05. The topological polar surface area (TPSA) is 52.4 Å². The zero-order chi connectivity index (χ0) is 10.6. The lowest BCUT2D eigenvalue weighted by Crippen LogP contribution is -2.11. The van der Waals surface area contributed by atoms with E-state index < -0.39 is 5.09 Å². The van der Waals surface area contributed by atoms with Crippen molar-refractivity contribution in [2.75, 3.05) is 5.88 Å². The molecule has 0 unspecified atom stereocenters. The van der Waals surface area contributed by atoms with Crippen LogP contribution in [0.15, 0.2) is 24.3 Å². The number of rotatable bonds is 4. The highest BCUT2D eigenvalue weighted by molar-refractivity contribution is 6.19. The summed E-state index contributed by atoms with van der Waals surface area (Å²) in [7, 11) is 0. The average molecular weight is 215 g/mol. The highest BCUT2D eigenvalue weighted by Crippen LogP contribution is 2.18. The predicted molar refractivity (Wildman–Crippen MR) is 52.3 cm³/mol. The van der Waals surface area contributed by atoms with E-state index in [1.165, 1.54) is 0 Å². The molecule has 1 aromatic rings. The molecule has 1 rings (SSSR count). The van der Waals surface area contributed by atoms with Crippen LogP contribution in [0.3, 0.4) is 0 Å². The van der Waals surface area contributed by atoms with E-state index in [0.29, 0.717) is 5.56 Å². The van der Waals surface area contributed by atoms with Gasteiger partial charge in [-0.15, -0.1) is 33.8 Å². The Morgan fingerprint density at radius 2 is 2.07 bits per heavy atom. The SMILES string of the molecule is Cc1ccc([C-](CCl)O[N+](=O)[O-])cc1. The lowest BCUT2D eigenvalue weighted by molar-refractivity contribution is -0.750. The highest BCUT2D eigenvalue weighted by atomic mass is 35.5. The van der Waals surface area contributed by atoms with E-state index in [1.54, 1.807) is 12.1 Å². The third-order valence-electron chi connectivity index (χ3n) is 1.68. The fraction of sp³-hybridized carbons (Fsp3) is 0.222. The van der Waals surface area contributed by atoms with Crippen LogP contribution in [-0.4, -0.2) is 11.0 Å². The number of aryl methyl sites for hydroxylation is 1. The summed E-state index contributed by atoms with van der Waals surface area (Å²) in [6.07, 6.45) is 0.150. The molecule has 0 aliphatic heterocycles. The molecule has 0 saturated heterocycles. The second kappa shape index (κ2) is 4.72. The van der Waals surface area contributed by atoms with Crippen LogP contribution in [0.4, 0.5) is 0 Å². The second-order valence-corrected chi connectivity index (χ2v) is 3.00. The van der Waals surface area contributed by atoms with Gasteiger partial charge < -0.3 is 4.84 Å². The van der Waals surface area contributed by atoms with E-state index in [2.05, 4.69) is 4.84 Å². The van der Waals surface area contributed by atoms with E-state index in [9.17, 15) is 10.1 Å². The van der Waals surface area contributed by atoms with Gasteiger partial charge in [0.2, 0.25) is 0 Å². The number of nitrogens with zero attached hydrogens (tertiary/aromatic N) is 1. The van der Waals surface area contributed by atoms with Gasteiger partial charge in [-0.1, -0.05) is 5.56 Å². The molecule has 0 spiro atoms. The molecule has 0 heterocycles. The number of halogens is 1. The van der Waals surface area contributed by atoms with Gasteiger partial charge in [0.1, 0.15) is 0 Å². The maximum absolute atomic E-state index is 10.1. The maximum atomic E-state index is 10.1. The quantitative estimate of drug-likeness (QED) is 0.335. The van der Waals surface area contributed by atoms with Crippen molar-refractivity contribution in [2.45, 2.75) is 6.92 Å². The summed E-state index contributed by atoms with van der Waals surface area (Å²) >= 11 is 5.52. The summed E-state index contributed by atoms with van der Waals surface area (Å²) in [5, 5.41) is 9.25. The van der Waals surface area contributed by atoms with Crippen molar-refractivity contribution >= 4 is 11.6 Å². The number of benzene rings is 1. The third kappa shape index (κ3) is 2.81. The first-order valence-electron chi connectivity index (χ1n) is 3.94. The van der Waals surface area contributed by atoms with Crippen molar-refractivity contribution in [1.82, 2.24) is 0 Å². The molecule has 0 saturated carbocycles. The molecule has 0 radical (unpaired) electrons. The minimum Gasteiger partial charge on any atom is -0.342 e. The first kappa shape index (κ1) is 10.7. The van der Waals surface area contributed by atoms with Crippen molar-refractivity contribution < 1.29 is 9.92 Å². The minimum atomic E-state index is -0.864. The fourth-order valence-electron chi connectivity index (χ4n) is 0.984. The van der Waals surface area contributed by atoms with E-state index in [4.69, 9.17) is 11.6 Å². The molecule has 76 valence electrons. The summed E-state index contributed by atoms with van der Waals surface area (Å²) in [5.74, 6) is -0.0238. The Hall–Kier alpha value is -1.42. The van der Waals surface area contributed by atoms with E-state index in [-0.39, 0.29) is 12.0 Å². The molecule has 0 atom stereocenters. The number of alkyl halides is 1. The Bertz CT molecular complexity index is 312. The van der Waals surface area contributed by atoms with Crippen LogP contribution in [0, 0.1) is 23.1 Å². The Balaban J connectivity index is 2.78. The van der Waals surface area contributed by atoms with Crippen LogP contribution in [0.5, 0.6) is 0 Å². The lowest BCUT2D eigenvalue weighted by atomic mass is 10.1. The van der Waals surface area contributed by atoms with Gasteiger partial charge in [-0.3, -0.25) is 0 Å². The van der Waals surface area contributed by atoms with Gasteiger partial charge in [-0.2, -0.15) is 17.7 Å². The molecule has 0 bridgehead atoms. The molecule has 1 aromatic carbocycles. The Morgan fingerprint density at radius 1 is 1.50 bits per heavy atom. The van der Waals surface area contributed by atoms with Crippen molar-refractivity contribution in [1.29, 1.82) is 0 Å². The molecule has 0 aromatic heterocycles. The Kier molecular flexibility index (Phi) is 3.59. The molecule has 4 nitrogen and oxygen atoms in total. The zero-order valence-corrected chi connectivity index (χ0v) is 8.32. The minimum absolute atomic E-state index is 0.0238. The number of hydrogen-bond acceptors (Lipinski definition) is 3. The van der Waals surface area contributed by atoms with Crippen LogP contribution in [0.25, 0.3) is 0 Å². The van der Waals surface area contributed by atoms with Crippen LogP contribution in [0.1, 0.15) is 11.1 Å². The summed E-state index contributed by atoms with van der Waals surface area (Å²) in [6.45, 7) is 1.93. The molecule has 0 amide bonds. The molecule has 0 fully saturated rings. The van der Waals surface area contributed by atoms with Gasteiger partial charge in [-0.25, -0.2) is 0 Å². The lowest BCUT2D eigenvalue weighted by Gasteiger charge is -2.20. The standard InChI is InChI=1S/C9H9ClNO3/c1-7-2-4-8(5-3-7)9(6-10)14-11(12)13/h2-5H,6H2,1H3/q-1. The number of hydrogen-bond donors (Lipinski definition) is 0. The predicted octanol–water partition coefficient (Wildman–Crippen LogP) is 2.32. The van der Waals surface area contributed by atoms with E-state index in [1.807, 2.05) is 19.1 Å². The molecule has 0 N–H and O–H groups in total. The van der Waals surface area contributed by atoms with Gasteiger partial charge in [0.05, 0.1) is 0 Å². The van der Waals surface area contributed by atoms with Crippen molar-refractivity contribution in [3.8, 4) is 0 Å². The molecule has 14 heavy (non-hydrogen) atoms. The first-order valence-corrected chi connectivity index (χ1v) is 4.48. The molecular formula is C9H9ClNO3-. The van der Waals surface area contributed by atoms with Gasteiger partial charge in [0, 0.05) is 12.0 Å². The van der Waals surface area contributed by atoms with Crippen LogP contribution in [-0.2, 0) is 4.84 Å². The molecule has 0 aliphatic carbocycles. The molecule has 0 aliphatic rings. The van der Waals surface area contributed by atoms with Gasteiger partial charge in [0.15, 0.2) is 0 Å². The molecule has 5 heteroatoms. The van der Waals surface area contributed by atoms with Crippen LogP contribution >= 0.6 is 11.6 Å². The Morgan fingerprint density at radius 3 is 2.50 bits per heavy atom. The van der Waals surface area contributed by atoms with Gasteiger partial charge in [-0.05, 0) is 6.92 Å². The first-order chi connectivity index (χ1) is 6.63. The zero-order valence-electron chi connectivity index (χ0n) is 7.57. The summed E-state index contributed by atoms with van der Waals surface area (Å²) in [5.41, 5.74) is 1.70. The monoisotopic (exact) mass is 214 g/mol. The second-order valence-electron chi connectivity index (χ2n) is 2.74. The average Bonchev–Trinajstić information content (AvgIpc) is 2.15. The summed E-state index contributed by atoms with van der Waals surface area (Å²) in [4.78, 5) is 14.4. The summed E-state index contributed by atoms with van der Waals surface area (Å²) in [6, 6.07) is 7.14. The van der Waals surface area contributed by atoms with Gasteiger partial charge in [0.25, 0.3) is 5.09 Å². The van der Waals surface area contributed by atoms with Gasteiger partial charge >= 0.3 is 0 Å². The van der Waals surface area contributed by atoms with Crippen LogP contribution < -0.4 is 0 Å². The fourth-order valence-corrected chi connectivity index (χ4v) is 1.19. The molecular weight excluding hydrogens is 206 g/mol. The van der Waals surface area contributed by atoms with E-state index >= 15 is 0 Å². The van der Waals surface area contributed by atoms with Crippen molar-refractivity contribution in [3.05, 3.63) is 51.6 Å².